The molecule has 0 aromatic carbocycles. The van der Waals surface area contributed by atoms with Crippen LogP contribution in [0.2, 0.25) is 0 Å². The fraction of sp³-hybridized carbons (Fsp3) is 0.417. The van der Waals surface area contributed by atoms with Gasteiger partial charge in [0.25, 0.3) is 0 Å². The largest absolute Gasteiger partial charge is 0.375 e. The van der Waals surface area contributed by atoms with Gasteiger partial charge in [-0.15, -0.1) is 5.10 Å². The number of nitrogens with zero attached hydrogens (tertiary/aromatic N) is 4. The maximum Gasteiger partial charge on any atom is 0.143 e. The molecule has 0 amide bonds. The third kappa shape index (κ3) is 2.94. The summed E-state index contributed by atoms with van der Waals surface area (Å²) in [5.41, 5.74) is 1.37. The van der Waals surface area contributed by atoms with Crippen LogP contribution in [0.3, 0.4) is 0 Å². The van der Waals surface area contributed by atoms with Crippen LogP contribution in [-0.2, 0) is 11.2 Å². The van der Waals surface area contributed by atoms with Crippen molar-refractivity contribution in [3.63, 3.8) is 0 Å². The van der Waals surface area contributed by atoms with Gasteiger partial charge in [-0.1, -0.05) is 5.21 Å². The second-order valence-electron chi connectivity index (χ2n) is 4.42. The van der Waals surface area contributed by atoms with E-state index in [0.29, 0.717) is 18.7 Å². The average molecular weight is 263 g/mol. The summed E-state index contributed by atoms with van der Waals surface area (Å²) in [7, 11) is 0. The third-order valence-electron chi connectivity index (χ3n) is 2.94. The standard InChI is InChI=1S/C12H14FN5O/c13-9-3-11(6-15-5-9)18-8-10(16-17-18)4-12-7-14-1-2-19-12/h3,5-6,8,12,14H,1-2,4,7H2. The molecule has 2 aromatic rings. The molecule has 1 aliphatic heterocycles. The van der Waals surface area contributed by atoms with Crippen molar-refractivity contribution in [2.75, 3.05) is 19.7 Å². The number of hydrogen-bond acceptors (Lipinski definition) is 5. The molecule has 0 saturated carbocycles. The predicted octanol–water partition coefficient (Wildman–Crippen LogP) is 0.332. The molecule has 19 heavy (non-hydrogen) atoms. The van der Waals surface area contributed by atoms with Crippen molar-refractivity contribution in [2.24, 2.45) is 0 Å². The Morgan fingerprint density at radius 3 is 3.21 bits per heavy atom. The summed E-state index contributed by atoms with van der Waals surface area (Å²) in [6.45, 7) is 2.42. The summed E-state index contributed by atoms with van der Waals surface area (Å²) in [6, 6.07) is 1.37. The van der Waals surface area contributed by atoms with Gasteiger partial charge in [-0.05, 0) is 0 Å². The Labute approximate surface area is 109 Å². The summed E-state index contributed by atoms with van der Waals surface area (Å²) in [5, 5.41) is 11.3. The highest BCUT2D eigenvalue weighted by atomic mass is 19.1. The average Bonchev–Trinajstić information content (AvgIpc) is 2.88. The molecule has 1 aliphatic rings. The van der Waals surface area contributed by atoms with E-state index in [1.54, 1.807) is 12.4 Å². The van der Waals surface area contributed by atoms with Crippen molar-refractivity contribution in [3.8, 4) is 5.69 Å². The molecule has 1 unspecified atom stereocenters. The minimum absolute atomic E-state index is 0.115. The Morgan fingerprint density at radius 2 is 2.42 bits per heavy atom. The first-order chi connectivity index (χ1) is 9.31. The highest BCUT2D eigenvalue weighted by Gasteiger charge is 2.16. The second kappa shape index (κ2) is 5.41. The van der Waals surface area contributed by atoms with Crippen molar-refractivity contribution in [1.82, 2.24) is 25.3 Å². The topological polar surface area (TPSA) is 64.9 Å². The lowest BCUT2D eigenvalue weighted by molar-refractivity contribution is 0.0286. The number of rotatable bonds is 3. The van der Waals surface area contributed by atoms with Crippen LogP contribution in [0.4, 0.5) is 4.39 Å². The highest BCUT2D eigenvalue weighted by Crippen LogP contribution is 2.09. The molecule has 1 N–H and O–H groups in total. The number of morpholine rings is 1. The van der Waals surface area contributed by atoms with Gasteiger partial charge in [-0.3, -0.25) is 4.98 Å². The molecule has 3 heterocycles. The third-order valence-corrected chi connectivity index (χ3v) is 2.94. The summed E-state index contributed by atoms with van der Waals surface area (Å²) in [6.07, 6.45) is 5.28. The van der Waals surface area contributed by atoms with Gasteiger partial charge in [0.1, 0.15) is 5.82 Å². The zero-order chi connectivity index (χ0) is 13.1. The van der Waals surface area contributed by atoms with E-state index in [1.165, 1.54) is 10.7 Å². The molecule has 6 nitrogen and oxygen atoms in total. The Hall–Kier alpha value is -1.86. The van der Waals surface area contributed by atoms with Gasteiger partial charge in [0.05, 0.1) is 42.7 Å². The van der Waals surface area contributed by atoms with Crippen molar-refractivity contribution >= 4 is 0 Å². The molecular formula is C12H14FN5O. The van der Waals surface area contributed by atoms with E-state index in [9.17, 15) is 4.39 Å². The SMILES string of the molecule is Fc1cncc(-n2cc(CC3CNCCO3)nn2)c1. The minimum Gasteiger partial charge on any atom is -0.375 e. The quantitative estimate of drug-likeness (QED) is 0.864. The molecule has 100 valence electrons. The van der Waals surface area contributed by atoms with Crippen molar-refractivity contribution in [2.45, 2.75) is 12.5 Å². The summed E-state index contributed by atoms with van der Waals surface area (Å²) >= 11 is 0. The molecule has 0 spiro atoms. The first-order valence-electron chi connectivity index (χ1n) is 6.16. The molecule has 3 rings (SSSR count). The van der Waals surface area contributed by atoms with Crippen molar-refractivity contribution in [1.29, 1.82) is 0 Å². The fourth-order valence-corrected chi connectivity index (χ4v) is 2.03. The summed E-state index contributed by atoms with van der Waals surface area (Å²) in [5.74, 6) is -0.394. The van der Waals surface area contributed by atoms with E-state index in [0.717, 1.165) is 25.0 Å². The number of hydrogen-bond donors (Lipinski definition) is 1. The van der Waals surface area contributed by atoms with Gasteiger partial charge in [-0.25, -0.2) is 9.07 Å². The van der Waals surface area contributed by atoms with E-state index in [2.05, 4.69) is 20.6 Å². The van der Waals surface area contributed by atoms with E-state index in [1.807, 2.05) is 0 Å². The van der Waals surface area contributed by atoms with Crippen LogP contribution in [-0.4, -0.2) is 45.8 Å². The van der Waals surface area contributed by atoms with Gasteiger partial charge < -0.3 is 10.1 Å². The zero-order valence-electron chi connectivity index (χ0n) is 10.3. The lowest BCUT2D eigenvalue weighted by Crippen LogP contribution is -2.39. The van der Waals surface area contributed by atoms with Crippen LogP contribution in [0.15, 0.2) is 24.7 Å². The molecule has 1 atom stereocenters. The van der Waals surface area contributed by atoms with Crippen LogP contribution < -0.4 is 5.32 Å². The summed E-state index contributed by atoms with van der Waals surface area (Å²) < 4.78 is 20.2. The van der Waals surface area contributed by atoms with Gasteiger partial charge in [0.2, 0.25) is 0 Å². The molecule has 0 radical (unpaired) electrons. The van der Waals surface area contributed by atoms with E-state index in [-0.39, 0.29) is 6.10 Å². The first kappa shape index (κ1) is 12.2. The molecular weight excluding hydrogens is 249 g/mol. The monoisotopic (exact) mass is 263 g/mol. The molecule has 1 fully saturated rings. The number of ether oxygens (including phenoxy) is 1. The van der Waals surface area contributed by atoms with Crippen LogP contribution in [0.25, 0.3) is 5.69 Å². The fourth-order valence-electron chi connectivity index (χ4n) is 2.03. The Bertz CT molecular complexity index is 553. The van der Waals surface area contributed by atoms with Crippen LogP contribution in [0.5, 0.6) is 0 Å². The molecule has 1 saturated heterocycles. The number of halogens is 1. The Kier molecular flexibility index (Phi) is 3.47. The predicted molar refractivity (Wildman–Crippen MR) is 65.4 cm³/mol. The maximum absolute atomic E-state index is 13.1. The lowest BCUT2D eigenvalue weighted by Gasteiger charge is -2.22. The van der Waals surface area contributed by atoms with Gasteiger partial charge in [0.15, 0.2) is 0 Å². The maximum atomic E-state index is 13.1. The lowest BCUT2D eigenvalue weighted by atomic mass is 10.2. The molecule has 0 aliphatic carbocycles. The first-order valence-corrected chi connectivity index (χ1v) is 6.16. The molecule has 0 bridgehead atoms. The van der Waals surface area contributed by atoms with Crippen LogP contribution in [0.1, 0.15) is 5.69 Å². The number of pyridine rings is 1. The van der Waals surface area contributed by atoms with Gasteiger partial charge in [-0.2, -0.15) is 0 Å². The molecule has 7 heteroatoms. The highest BCUT2D eigenvalue weighted by molar-refractivity contribution is 5.27. The van der Waals surface area contributed by atoms with E-state index >= 15 is 0 Å². The summed E-state index contributed by atoms with van der Waals surface area (Å²) in [4.78, 5) is 3.79. The minimum atomic E-state index is -0.394. The molecule has 2 aromatic heterocycles. The van der Waals surface area contributed by atoms with Gasteiger partial charge in [0, 0.05) is 25.6 Å². The smallest absolute Gasteiger partial charge is 0.143 e. The van der Waals surface area contributed by atoms with Crippen molar-refractivity contribution < 1.29 is 9.13 Å². The second-order valence-corrected chi connectivity index (χ2v) is 4.42. The number of aromatic nitrogens is 4. The van der Waals surface area contributed by atoms with Crippen LogP contribution in [0, 0.1) is 5.82 Å². The Balaban J connectivity index is 1.72. The van der Waals surface area contributed by atoms with E-state index < -0.39 is 5.82 Å². The van der Waals surface area contributed by atoms with Crippen LogP contribution >= 0.6 is 0 Å². The van der Waals surface area contributed by atoms with E-state index in [4.69, 9.17) is 4.74 Å². The van der Waals surface area contributed by atoms with Crippen molar-refractivity contribution in [3.05, 3.63) is 36.2 Å². The number of nitrogens with one attached hydrogen (secondary N) is 1. The van der Waals surface area contributed by atoms with Gasteiger partial charge >= 0.3 is 0 Å². The Morgan fingerprint density at radius 1 is 1.47 bits per heavy atom. The zero-order valence-corrected chi connectivity index (χ0v) is 10.3. The normalized spacial score (nSPS) is 19.5.